The minimum Gasteiger partial charge on any atom is -0.394 e. The molecule has 1 aromatic heterocycles. The number of fused-ring (bicyclic) bond motifs is 2. The maximum atomic E-state index is 14.7. The third kappa shape index (κ3) is 4.76. The third-order valence-electron chi connectivity index (χ3n) is 10.3. The number of nitrogens with one attached hydrogen (secondary N) is 2. The van der Waals surface area contributed by atoms with Gasteiger partial charge in [-0.2, -0.15) is 0 Å². The van der Waals surface area contributed by atoms with Crippen LogP contribution in [0.5, 0.6) is 0 Å². The summed E-state index contributed by atoms with van der Waals surface area (Å²) in [6.07, 6.45) is 0.758. The number of aromatic nitrogens is 3. The number of likely N-dealkylation sites (tertiary alicyclic amines) is 1. The molecule has 4 aromatic rings. The van der Waals surface area contributed by atoms with Gasteiger partial charge in [0.15, 0.2) is 0 Å². The van der Waals surface area contributed by atoms with Crippen LogP contribution >= 0.6 is 0 Å². The van der Waals surface area contributed by atoms with E-state index in [0.717, 1.165) is 16.6 Å². The molecule has 3 fully saturated rings. The molecule has 3 aliphatic rings. The Hall–Kier alpha value is -4.61. The minimum atomic E-state index is -1.25. The Labute approximate surface area is 266 Å². The number of para-hydroxylation sites is 1. The molecule has 238 valence electrons. The SMILES string of the molecule is CC1CC23O[C@]1(C)[C@@H](C(=O)NCc1ccccc1)[C@H]2C(=O)N([C@@H](CO)Cc1ccccc1)C3C(=O)NCn1nnc2ccccc21. The first-order valence-electron chi connectivity index (χ1n) is 15.8. The van der Waals surface area contributed by atoms with Crippen molar-refractivity contribution in [2.45, 2.75) is 63.2 Å². The maximum Gasteiger partial charge on any atom is 0.247 e. The summed E-state index contributed by atoms with van der Waals surface area (Å²) in [5, 5.41) is 25.1. The summed E-state index contributed by atoms with van der Waals surface area (Å²) >= 11 is 0. The topological polar surface area (TPSA) is 139 Å². The van der Waals surface area contributed by atoms with Gasteiger partial charge >= 0.3 is 0 Å². The highest BCUT2D eigenvalue weighted by atomic mass is 16.5. The van der Waals surface area contributed by atoms with Crippen molar-refractivity contribution >= 4 is 28.8 Å². The van der Waals surface area contributed by atoms with Gasteiger partial charge < -0.3 is 25.4 Å². The predicted molar refractivity (Wildman–Crippen MR) is 169 cm³/mol. The molecule has 3 aliphatic heterocycles. The Morgan fingerprint density at radius 3 is 2.37 bits per heavy atom. The lowest BCUT2D eigenvalue weighted by atomic mass is 9.62. The second kappa shape index (κ2) is 11.6. The van der Waals surface area contributed by atoms with E-state index in [4.69, 9.17) is 4.74 Å². The molecule has 11 nitrogen and oxygen atoms in total. The van der Waals surface area contributed by atoms with Crippen LogP contribution in [0.4, 0.5) is 0 Å². The van der Waals surface area contributed by atoms with Crippen LogP contribution in [0.1, 0.15) is 31.4 Å². The number of aliphatic hydroxyl groups excluding tert-OH is 1. The van der Waals surface area contributed by atoms with E-state index in [0.29, 0.717) is 24.9 Å². The Bertz CT molecular complexity index is 1760. The van der Waals surface area contributed by atoms with Crippen LogP contribution in [0.3, 0.4) is 0 Å². The van der Waals surface area contributed by atoms with Crippen LogP contribution < -0.4 is 10.6 Å². The molecule has 4 heterocycles. The molecule has 1 spiro atoms. The molecular formula is C35H38N6O5. The average molecular weight is 623 g/mol. The highest BCUT2D eigenvalue weighted by Crippen LogP contribution is 2.65. The lowest BCUT2D eigenvalue weighted by Gasteiger charge is -2.37. The van der Waals surface area contributed by atoms with Gasteiger partial charge in [0.2, 0.25) is 17.7 Å². The number of hydrogen-bond donors (Lipinski definition) is 3. The van der Waals surface area contributed by atoms with Crippen molar-refractivity contribution in [2.24, 2.45) is 17.8 Å². The van der Waals surface area contributed by atoms with Crippen LogP contribution in [0.2, 0.25) is 0 Å². The monoisotopic (exact) mass is 622 g/mol. The molecule has 0 radical (unpaired) electrons. The lowest BCUT2D eigenvalue weighted by Crippen LogP contribution is -2.58. The van der Waals surface area contributed by atoms with Crippen molar-refractivity contribution < 1.29 is 24.2 Å². The fourth-order valence-corrected chi connectivity index (χ4v) is 8.09. The average Bonchev–Trinajstić information content (AvgIpc) is 3.75. The van der Waals surface area contributed by atoms with Gasteiger partial charge in [-0.25, -0.2) is 4.68 Å². The summed E-state index contributed by atoms with van der Waals surface area (Å²) in [5.41, 5.74) is 1.10. The van der Waals surface area contributed by atoms with Gasteiger partial charge in [-0.1, -0.05) is 84.9 Å². The highest BCUT2D eigenvalue weighted by Gasteiger charge is 2.80. The van der Waals surface area contributed by atoms with Crippen molar-refractivity contribution in [2.75, 3.05) is 6.61 Å². The van der Waals surface area contributed by atoms with Crippen molar-refractivity contribution in [1.29, 1.82) is 0 Å². The lowest BCUT2D eigenvalue weighted by molar-refractivity contribution is -0.151. The van der Waals surface area contributed by atoms with E-state index in [1.54, 1.807) is 4.68 Å². The van der Waals surface area contributed by atoms with Crippen LogP contribution in [-0.2, 0) is 38.8 Å². The molecule has 2 bridgehead atoms. The van der Waals surface area contributed by atoms with E-state index in [1.807, 2.05) is 98.8 Å². The standard InChI is InChI=1S/C35H38N6O5/c1-22-18-35-29(28(34(22,2)46-35)31(43)36-19-24-13-7-4-8-14-24)33(45)41(25(20-42)17-23-11-5-3-6-12-23)30(35)32(44)37-21-40-27-16-10-9-15-26(27)38-39-40/h3-16,22,25,28-30,42H,17-21H2,1-2H3,(H,36,43)(H,37,44)/t22?,25-,28-,29+,30?,34+,35?/m1/s1. The molecule has 7 atom stereocenters. The summed E-state index contributed by atoms with van der Waals surface area (Å²) in [5.74, 6) is -2.88. The molecule has 3 unspecified atom stereocenters. The molecule has 11 heteroatoms. The van der Waals surface area contributed by atoms with Crippen molar-refractivity contribution in [3.8, 4) is 0 Å². The Morgan fingerprint density at radius 2 is 1.65 bits per heavy atom. The zero-order chi connectivity index (χ0) is 32.1. The van der Waals surface area contributed by atoms with Crippen molar-refractivity contribution in [3.05, 3.63) is 96.1 Å². The number of amides is 3. The Kier molecular flexibility index (Phi) is 7.60. The first kappa shape index (κ1) is 30.1. The molecule has 3 saturated heterocycles. The van der Waals surface area contributed by atoms with Crippen LogP contribution in [-0.4, -0.2) is 72.6 Å². The molecular weight excluding hydrogens is 584 g/mol. The number of aliphatic hydroxyl groups is 1. The Balaban J connectivity index is 1.24. The predicted octanol–water partition coefficient (Wildman–Crippen LogP) is 2.44. The normalized spacial score (nSPS) is 28.8. The molecule has 46 heavy (non-hydrogen) atoms. The summed E-state index contributed by atoms with van der Waals surface area (Å²) in [6.45, 7) is 3.87. The number of ether oxygens (including phenoxy) is 1. The van der Waals surface area contributed by atoms with Crippen LogP contribution in [0, 0.1) is 17.8 Å². The zero-order valence-electron chi connectivity index (χ0n) is 25.9. The smallest absolute Gasteiger partial charge is 0.247 e. The molecule has 7 rings (SSSR count). The van der Waals surface area contributed by atoms with Crippen LogP contribution in [0.25, 0.3) is 11.0 Å². The van der Waals surface area contributed by atoms with Gasteiger partial charge in [0.25, 0.3) is 0 Å². The second-order valence-corrected chi connectivity index (χ2v) is 13.0. The number of rotatable bonds is 10. The number of hydrogen-bond acceptors (Lipinski definition) is 7. The van der Waals surface area contributed by atoms with E-state index >= 15 is 0 Å². The van der Waals surface area contributed by atoms with Gasteiger partial charge in [-0.15, -0.1) is 5.10 Å². The molecule has 3 amide bonds. The van der Waals surface area contributed by atoms with Crippen molar-refractivity contribution in [3.63, 3.8) is 0 Å². The number of carbonyl (C=O) groups excluding carboxylic acids is 3. The molecule has 3 N–H and O–H groups in total. The zero-order valence-corrected chi connectivity index (χ0v) is 25.9. The highest BCUT2D eigenvalue weighted by molar-refractivity contribution is 5.99. The fourth-order valence-electron chi connectivity index (χ4n) is 8.09. The largest absolute Gasteiger partial charge is 0.394 e. The van der Waals surface area contributed by atoms with E-state index in [2.05, 4.69) is 20.9 Å². The Morgan fingerprint density at radius 1 is 0.978 bits per heavy atom. The summed E-state index contributed by atoms with van der Waals surface area (Å²) < 4.78 is 8.45. The molecule has 0 saturated carbocycles. The van der Waals surface area contributed by atoms with Gasteiger partial charge in [0.05, 0.1) is 35.6 Å². The second-order valence-electron chi connectivity index (χ2n) is 13.0. The summed E-state index contributed by atoms with van der Waals surface area (Å²) in [4.78, 5) is 44.6. The number of benzene rings is 3. The summed E-state index contributed by atoms with van der Waals surface area (Å²) in [7, 11) is 0. The fraction of sp³-hybridized carbons (Fsp3) is 0.400. The maximum absolute atomic E-state index is 14.7. The quantitative estimate of drug-likeness (QED) is 0.247. The third-order valence-corrected chi connectivity index (χ3v) is 10.3. The van der Waals surface area contributed by atoms with E-state index in [9.17, 15) is 19.5 Å². The van der Waals surface area contributed by atoms with Gasteiger partial charge in [-0.05, 0) is 48.9 Å². The van der Waals surface area contributed by atoms with E-state index in [-0.39, 0.29) is 31.0 Å². The van der Waals surface area contributed by atoms with Gasteiger partial charge in [0.1, 0.15) is 23.8 Å². The van der Waals surface area contributed by atoms with Crippen molar-refractivity contribution in [1.82, 2.24) is 30.5 Å². The van der Waals surface area contributed by atoms with Gasteiger partial charge in [-0.3, -0.25) is 14.4 Å². The number of carbonyl (C=O) groups is 3. The minimum absolute atomic E-state index is 0.0227. The molecule has 3 aromatic carbocycles. The first-order valence-corrected chi connectivity index (χ1v) is 15.8. The molecule has 0 aliphatic carbocycles. The van der Waals surface area contributed by atoms with E-state index < -0.39 is 41.0 Å². The number of nitrogens with zero attached hydrogens (tertiary/aromatic N) is 4. The van der Waals surface area contributed by atoms with Crippen LogP contribution in [0.15, 0.2) is 84.9 Å². The summed E-state index contributed by atoms with van der Waals surface area (Å²) in [6, 6.07) is 24.8. The first-order chi connectivity index (χ1) is 22.3. The van der Waals surface area contributed by atoms with Gasteiger partial charge in [0, 0.05) is 6.54 Å². The van der Waals surface area contributed by atoms with E-state index in [1.165, 1.54) is 4.90 Å².